The van der Waals surface area contributed by atoms with Crippen molar-refractivity contribution in [1.29, 1.82) is 0 Å². The summed E-state index contributed by atoms with van der Waals surface area (Å²) >= 11 is 0. The quantitative estimate of drug-likeness (QED) is 0.704. The van der Waals surface area contributed by atoms with E-state index in [1.807, 2.05) is 0 Å². The highest BCUT2D eigenvalue weighted by Crippen LogP contribution is 2.17. The standard InChI is InChI=1S/C8H15F2NO/c1-8(9,10)3-5-12-7-2-4-11-6-7/h7,11H,2-6H2,1H3. The van der Waals surface area contributed by atoms with Gasteiger partial charge in [-0.2, -0.15) is 0 Å². The summed E-state index contributed by atoms with van der Waals surface area (Å²) in [7, 11) is 0. The van der Waals surface area contributed by atoms with Crippen molar-refractivity contribution in [1.82, 2.24) is 5.32 Å². The summed E-state index contributed by atoms with van der Waals surface area (Å²) in [5.74, 6) is -2.59. The van der Waals surface area contributed by atoms with E-state index in [0.29, 0.717) is 0 Å². The van der Waals surface area contributed by atoms with Crippen molar-refractivity contribution in [3.63, 3.8) is 0 Å². The van der Waals surface area contributed by atoms with E-state index in [1.54, 1.807) is 0 Å². The molecule has 1 heterocycles. The van der Waals surface area contributed by atoms with Gasteiger partial charge in [0, 0.05) is 13.0 Å². The van der Waals surface area contributed by atoms with Gasteiger partial charge in [0.2, 0.25) is 5.92 Å². The molecule has 2 nitrogen and oxygen atoms in total. The zero-order chi connectivity index (χ0) is 9.03. The molecule has 0 aliphatic carbocycles. The van der Waals surface area contributed by atoms with Crippen LogP contribution in [0.1, 0.15) is 19.8 Å². The van der Waals surface area contributed by atoms with Gasteiger partial charge in [0.05, 0.1) is 12.7 Å². The number of hydrogen-bond acceptors (Lipinski definition) is 2. The Hall–Kier alpha value is -0.220. The highest BCUT2D eigenvalue weighted by molar-refractivity contribution is 4.71. The van der Waals surface area contributed by atoms with Crippen LogP contribution in [0.25, 0.3) is 0 Å². The lowest BCUT2D eigenvalue weighted by molar-refractivity contribution is -0.0301. The van der Waals surface area contributed by atoms with E-state index >= 15 is 0 Å². The zero-order valence-corrected chi connectivity index (χ0v) is 7.28. The largest absolute Gasteiger partial charge is 0.377 e. The molecule has 0 spiro atoms. The first kappa shape index (κ1) is 9.86. The third-order valence-electron chi connectivity index (χ3n) is 1.91. The van der Waals surface area contributed by atoms with E-state index in [0.717, 1.165) is 26.4 Å². The van der Waals surface area contributed by atoms with Crippen LogP contribution >= 0.6 is 0 Å². The summed E-state index contributed by atoms with van der Waals surface area (Å²) in [6.07, 6.45) is 0.908. The highest BCUT2D eigenvalue weighted by Gasteiger charge is 2.22. The highest BCUT2D eigenvalue weighted by atomic mass is 19.3. The second kappa shape index (κ2) is 4.14. The molecular formula is C8H15F2NO. The molecule has 1 N–H and O–H groups in total. The number of ether oxygens (including phenoxy) is 1. The van der Waals surface area contributed by atoms with Crippen LogP contribution in [-0.2, 0) is 4.74 Å². The van der Waals surface area contributed by atoms with Crippen LogP contribution in [0.3, 0.4) is 0 Å². The molecule has 0 aromatic rings. The topological polar surface area (TPSA) is 21.3 Å². The summed E-state index contributed by atoms with van der Waals surface area (Å²) in [6, 6.07) is 0. The van der Waals surface area contributed by atoms with E-state index in [1.165, 1.54) is 0 Å². The fraction of sp³-hybridized carbons (Fsp3) is 1.00. The van der Waals surface area contributed by atoms with E-state index in [-0.39, 0.29) is 19.1 Å². The van der Waals surface area contributed by atoms with Crippen LogP contribution < -0.4 is 5.32 Å². The van der Waals surface area contributed by atoms with Crippen LogP contribution in [0.2, 0.25) is 0 Å². The molecule has 0 radical (unpaired) electrons. The Kier molecular flexibility index (Phi) is 3.40. The molecule has 1 saturated heterocycles. The summed E-state index contributed by atoms with van der Waals surface area (Å²) in [5, 5.41) is 3.11. The molecule has 1 fully saturated rings. The summed E-state index contributed by atoms with van der Waals surface area (Å²) < 4.78 is 29.8. The summed E-state index contributed by atoms with van der Waals surface area (Å²) in [6.45, 7) is 2.82. The van der Waals surface area contributed by atoms with Gasteiger partial charge in [-0.3, -0.25) is 0 Å². The van der Waals surface area contributed by atoms with E-state index < -0.39 is 5.92 Å². The Bertz CT molecular complexity index is 130. The minimum atomic E-state index is -2.59. The number of halogens is 2. The predicted octanol–water partition coefficient (Wildman–Crippen LogP) is 1.41. The van der Waals surface area contributed by atoms with Crippen molar-refractivity contribution < 1.29 is 13.5 Å². The van der Waals surface area contributed by atoms with Crippen LogP contribution in [0.15, 0.2) is 0 Å². The van der Waals surface area contributed by atoms with Gasteiger partial charge in [0.25, 0.3) is 0 Å². The van der Waals surface area contributed by atoms with E-state index in [2.05, 4.69) is 5.32 Å². The number of rotatable bonds is 4. The summed E-state index contributed by atoms with van der Waals surface area (Å²) in [4.78, 5) is 0. The van der Waals surface area contributed by atoms with Gasteiger partial charge >= 0.3 is 0 Å². The lowest BCUT2D eigenvalue weighted by atomic mass is 10.3. The average Bonchev–Trinajstić information content (AvgIpc) is 2.36. The first-order chi connectivity index (χ1) is 5.58. The smallest absolute Gasteiger partial charge is 0.247 e. The molecule has 1 rings (SSSR count). The van der Waals surface area contributed by atoms with Gasteiger partial charge in [-0.15, -0.1) is 0 Å². The second-order valence-electron chi connectivity index (χ2n) is 3.31. The molecule has 72 valence electrons. The van der Waals surface area contributed by atoms with Crippen molar-refractivity contribution in [3.05, 3.63) is 0 Å². The van der Waals surface area contributed by atoms with Gasteiger partial charge in [-0.25, -0.2) is 8.78 Å². The lowest BCUT2D eigenvalue weighted by Crippen LogP contribution is -2.20. The Morgan fingerprint density at radius 2 is 2.33 bits per heavy atom. The van der Waals surface area contributed by atoms with Crippen LogP contribution in [0.4, 0.5) is 8.78 Å². The summed E-state index contributed by atoms with van der Waals surface area (Å²) in [5.41, 5.74) is 0. The van der Waals surface area contributed by atoms with Gasteiger partial charge in [0.1, 0.15) is 0 Å². The lowest BCUT2D eigenvalue weighted by Gasteiger charge is -2.13. The van der Waals surface area contributed by atoms with Crippen LogP contribution in [0, 0.1) is 0 Å². The van der Waals surface area contributed by atoms with Gasteiger partial charge < -0.3 is 10.1 Å². The molecule has 1 atom stereocenters. The molecule has 0 aromatic heterocycles. The van der Waals surface area contributed by atoms with Crippen molar-refractivity contribution in [2.75, 3.05) is 19.7 Å². The van der Waals surface area contributed by atoms with Gasteiger partial charge in [-0.1, -0.05) is 0 Å². The van der Waals surface area contributed by atoms with Crippen molar-refractivity contribution in [2.45, 2.75) is 31.8 Å². The van der Waals surface area contributed by atoms with Crippen LogP contribution in [-0.4, -0.2) is 31.7 Å². The first-order valence-corrected chi connectivity index (χ1v) is 4.28. The molecule has 1 aliphatic rings. The molecule has 0 saturated carbocycles. The molecule has 4 heteroatoms. The maximum absolute atomic E-state index is 12.3. The van der Waals surface area contributed by atoms with Gasteiger partial charge in [-0.05, 0) is 19.9 Å². The molecule has 12 heavy (non-hydrogen) atoms. The number of alkyl halides is 2. The second-order valence-corrected chi connectivity index (χ2v) is 3.31. The Morgan fingerprint density at radius 3 is 2.83 bits per heavy atom. The molecule has 0 aromatic carbocycles. The number of hydrogen-bond donors (Lipinski definition) is 1. The Labute approximate surface area is 71.3 Å². The normalized spacial score (nSPS) is 24.8. The third-order valence-corrected chi connectivity index (χ3v) is 1.91. The van der Waals surface area contributed by atoms with Crippen molar-refractivity contribution in [2.24, 2.45) is 0 Å². The van der Waals surface area contributed by atoms with Crippen molar-refractivity contribution in [3.8, 4) is 0 Å². The van der Waals surface area contributed by atoms with Gasteiger partial charge in [0.15, 0.2) is 0 Å². The first-order valence-electron chi connectivity index (χ1n) is 4.28. The average molecular weight is 179 g/mol. The number of nitrogens with one attached hydrogen (secondary N) is 1. The molecule has 0 bridgehead atoms. The molecule has 0 amide bonds. The van der Waals surface area contributed by atoms with Crippen LogP contribution in [0.5, 0.6) is 0 Å². The van der Waals surface area contributed by atoms with E-state index in [4.69, 9.17) is 4.74 Å². The third kappa shape index (κ3) is 3.97. The fourth-order valence-corrected chi connectivity index (χ4v) is 1.18. The SMILES string of the molecule is CC(F)(F)CCOC1CCNC1. The molecule has 1 aliphatic heterocycles. The predicted molar refractivity (Wildman–Crippen MR) is 42.5 cm³/mol. The maximum atomic E-state index is 12.3. The maximum Gasteiger partial charge on any atom is 0.247 e. The zero-order valence-electron chi connectivity index (χ0n) is 7.28. The Balaban J connectivity index is 2.02. The monoisotopic (exact) mass is 179 g/mol. The molecular weight excluding hydrogens is 164 g/mol. The van der Waals surface area contributed by atoms with Crippen molar-refractivity contribution >= 4 is 0 Å². The minimum Gasteiger partial charge on any atom is -0.377 e. The molecule has 1 unspecified atom stereocenters. The Morgan fingerprint density at radius 1 is 1.58 bits per heavy atom. The fourth-order valence-electron chi connectivity index (χ4n) is 1.18. The van der Waals surface area contributed by atoms with E-state index in [9.17, 15) is 8.78 Å². The minimum absolute atomic E-state index is 0.146.